The van der Waals surface area contributed by atoms with E-state index >= 15 is 0 Å². The van der Waals surface area contributed by atoms with Crippen molar-refractivity contribution in [3.8, 4) is 5.75 Å². The zero-order valence-electron chi connectivity index (χ0n) is 6.45. The Hall–Kier alpha value is -1.03. The Kier molecular flexibility index (Phi) is 1.58. The van der Waals surface area contributed by atoms with Gasteiger partial charge in [0.25, 0.3) is 0 Å². The lowest BCUT2D eigenvalue weighted by Gasteiger charge is -1.99. The highest BCUT2D eigenvalue weighted by molar-refractivity contribution is 9.10. The molecule has 0 aliphatic carbocycles. The third-order valence-corrected chi connectivity index (χ3v) is 2.17. The summed E-state index contributed by atoms with van der Waals surface area (Å²) in [6.45, 7) is 1.94. The van der Waals surface area contributed by atoms with Crippen molar-refractivity contribution in [3.05, 3.63) is 28.6 Å². The van der Waals surface area contributed by atoms with Gasteiger partial charge in [0.15, 0.2) is 11.4 Å². The Balaban J connectivity index is 2.92. The van der Waals surface area contributed by atoms with Crippen LogP contribution in [0.1, 0.15) is 5.69 Å². The Morgan fingerprint density at radius 2 is 2.33 bits per heavy atom. The van der Waals surface area contributed by atoms with E-state index in [0.29, 0.717) is 5.65 Å². The number of hydrogen-bond donors (Lipinski definition) is 1. The van der Waals surface area contributed by atoms with Crippen LogP contribution in [-0.2, 0) is 0 Å². The van der Waals surface area contributed by atoms with Gasteiger partial charge in [0.05, 0.1) is 0 Å². The minimum absolute atomic E-state index is 0.192. The molecule has 2 aromatic rings. The standard InChI is InChI=1S/C8H7BrN2O/c1-5-3-10-8-7(12)2-6(9)4-11(5)8/h2-4,12H,1H3. The van der Waals surface area contributed by atoms with Gasteiger partial charge in [-0.25, -0.2) is 4.98 Å². The van der Waals surface area contributed by atoms with E-state index in [1.165, 1.54) is 0 Å². The molecule has 0 atom stereocenters. The molecule has 4 heteroatoms. The molecule has 0 aliphatic heterocycles. The van der Waals surface area contributed by atoms with E-state index in [-0.39, 0.29) is 5.75 Å². The van der Waals surface area contributed by atoms with Crippen LogP contribution in [0.25, 0.3) is 5.65 Å². The second-order valence-electron chi connectivity index (χ2n) is 2.64. The van der Waals surface area contributed by atoms with Gasteiger partial charge in [-0.1, -0.05) is 0 Å². The molecule has 12 heavy (non-hydrogen) atoms. The lowest BCUT2D eigenvalue weighted by molar-refractivity contribution is 0.477. The first-order valence-electron chi connectivity index (χ1n) is 3.50. The summed E-state index contributed by atoms with van der Waals surface area (Å²) < 4.78 is 2.67. The van der Waals surface area contributed by atoms with E-state index < -0.39 is 0 Å². The lowest BCUT2D eigenvalue weighted by Crippen LogP contribution is -1.86. The van der Waals surface area contributed by atoms with Crippen LogP contribution in [0.3, 0.4) is 0 Å². The molecule has 2 aromatic heterocycles. The lowest BCUT2D eigenvalue weighted by atomic mass is 10.4. The molecule has 62 valence electrons. The van der Waals surface area contributed by atoms with Gasteiger partial charge in [0, 0.05) is 22.6 Å². The van der Waals surface area contributed by atoms with E-state index in [1.54, 1.807) is 12.3 Å². The van der Waals surface area contributed by atoms with E-state index in [1.807, 2.05) is 17.5 Å². The van der Waals surface area contributed by atoms with Crippen molar-refractivity contribution in [2.24, 2.45) is 0 Å². The SMILES string of the molecule is Cc1cnc2c(O)cc(Br)cn12. The van der Waals surface area contributed by atoms with Crippen LogP contribution in [0.2, 0.25) is 0 Å². The summed E-state index contributed by atoms with van der Waals surface area (Å²) >= 11 is 3.29. The first-order valence-corrected chi connectivity index (χ1v) is 4.30. The maximum Gasteiger partial charge on any atom is 0.179 e. The number of aromatic nitrogens is 2. The molecule has 0 spiro atoms. The first-order chi connectivity index (χ1) is 5.68. The van der Waals surface area contributed by atoms with Crippen LogP contribution < -0.4 is 0 Å². The fourth-order valence-corrected chi connectivity index (χ4v) is 1.58. The summed E-state index contributed by atoms with van der Waals surface area (Å²) in [5, 5.41) is 9.45. The molecular formula is C8H7BrN2O. The van der Waals surface area contributed by atoms with Gasteiger partial charge < -0.3 is 9.51 Å². The molecule has 0 aromatic carbocycles. The Morgan fingerprint density at radius 3 is 3.08 bits per heavy atom. The highest BCUT2D eigenvalue weighted by Crippen LogP contribution is 2.22. The fourth-order valence-electron chi connectivity index (χ4n) is 1.15. The van der Waals surface area contributed by atoms with E-state index in [4.69, 9.17) is 0 Å². The summed E-state index contributed by atoms with van der Waals surface area (Å²) in [5.41, 5.74) is 1.59. The largest absolute Gasteiger partial charge is 0.504 e. The molecule has 0 saturated heterocycles. The summed E-state index contributed by atoms with van der Waals surface area (Å²) in [7, 11) is 0. The Bertz CT molecular complexity index is 436. The highest BCUT2D eigenvalue weighted by atomic mass is 79.9. The predicted octanol–water partition coefficient (Wildman–Crippen LogP) is 2.11. The van der Waals surface area contributed by atoms with Crippen LogP contribution in [0.4, 0.5) is 0 Å². The Morgan fingerprint density at radius 1 is 1.58 bits per heavy atom. The quantitative estimate of drug-likeness (QED) is 0.748. The number of imidazole rings is 1. The molecule has 2 heterocycles. The molecule has 0 amide bonds. The fraction of sp³-hybridized carbons (Fsp3) is 0.125. The first kappa shape index (κ1) is 7.61. The van der Waals surface area contributed by atoms with Crippen molar-refractivity contribution in [1.82, 2.24) is 9.38 Å². The zero-order valence-corrected chi connectivity index (χ0v) is 8.04. The van der Waals surface area contributed by atoms with Crippen LogP contribution >= 0.6 is 15.9 Å². The second-order valence-corrected chi connectivity index (χ2v) is 3.55. The molecule has 0 aliphatic rings. The van der Waals surface area contributed by atoms with Crippen molar-refractivity contribution in [1.29, 1.82) is 0 Å². The third kappa shape index (κ3) is 0.992. The van der Waals surface area contributed by atoms with E-state index in [9.17, 15) is 5.11 Å². The van der Waals surface area contributed by atoms with Crippen molar-refractivity contribution in [3.63, 3.8) is 0 Å². The number of rotatable bonds is 0. The van der Waals surface area contributed by atoms with Gasteiger partial charge in [-0.3, -0.25) is 0 Å². The minimum Gasteiger partial charge on any atom is -0.504 e. The van der Waals surface area contributed by atoms with Crippen molar-refractivity contribution in [2.45, 2.75) is 6.92 Å². The highest BCUT2D eigenvalue weighted by Gasteiger charge is 2.04. The normalized spacial score (nSPS) is 10.8. The van der Waals surface area contributed by atoms with E-state index in [0.717, 1.165) is 10.2 Å². The topological polar surface area (TPSA) is 37.5 Å². The molecule has 0 bridgehead atoms. The molecule has 0 radical (unpaired) electrons. The number of pyridine rings is 1. The zero-order chi connectivity index (χ0) is 8.72. The number of halogens is 1. The molecular weight excluding hydrogens is 220 g/mol. The molecule has 1 N–H and O–H groups in total. The molecule has 0 fully saturated rings. The number of fused-ring (bicyclic) bond motifs is 1. The maximum atomic E-state index is 9.45. The van der Waals surface area contributed by atoms with Gasteiger partial charge in [0.2, 0.25) is 0 Å². The van der Waals surface area contributed by atoms with Crippen molar-refractivity contribution < 1.29 is 5.11 Å². The van der Waals surface area contributed by atoms with Gasteiger partial charge >= 0.3 is 0 Å². The van der Waals surface area contributed by atoms with Gasteiger partial charge in [-0.2, -0.15) is 0 Å². The minimum atomic E-state index is 0.192. The molecule has 3 nitrogen and oxygen atoms in total. The average Bonchev–Trinajstić information content (AvgIpc) is 2.33. The van der Waals surface area contributed by atoms with Crippen molar-refractivity contribution in [2.75, 3.05) is 0 Å². The number of hydrogen-bond acceptors (Lipinski definition) is 2. The van der Waals surface area contributed by atoms with Crippen LogP contribution in [-0.4, -0.2) is 14.5 Å². The predicted molar refractivity (Wildman–Crippen MR) is 49.3 cm³/mol. The van der Waals surface area contributed by atoms with Gasteiger partial charge in [0.1, 0.15) is 0 Å². The van der Waals surface area contributed by atoms with Gasteiger partial charge in [-0.05, 0) is 28.9 Å². The molecule has 2 rings (SSSR count). The average molecular weight is 227 g/mol. The van der Waals surface area contributed by atoms with Crippen LogP contribution in [0.15, 0.2) is 22.9 Å². The maximum absolute atomic E-state index is 9.45. The smallest absolute Gasteiger partial charge is 0.179 e. The molecule has 0 saturated carbocycles. The monoisotopic (exact) mass is 226 g/mol. The summed E-state index contributed by atoms with van der Waals surface area (Å²) in [4.78, 5) is 4.05. The summed E-state index contributed by atoms with van der Waals surface area (Å²) in [6, 6.07) is 1.63. The van der Waals surface area contributed by atoms with Gasteiger partial charge in [-0.15, -0.1) is 0 Å². The van der Waals surface area contributed by atoms with Crippen LogP contribution in [0, 0.1) is 6.92 Å². The van der Waals surface area contributed by atoms with Crippen molar-refractivity contribution >= 4 is 21.6 Å². The number of nitrogens with zero attached hydrogens (tertiary/aromatic N) is 2. The third-order valence-electron chi connectivity index (χ3n) is 1.74. The number of aromatic hydroxyl groups is 1. The Labute approximate surface area is 77.8 Å². The number of aryl methyl sites for hydroxylation is 1. The molecule has 0 unspecified atom stereocenters. The summed E-state index contributed by atoms with van der Waals surface area (Å²) in [6.07, 6.45) is 3.60. The van der Waals surface area contributed by atoms with Crippen LogP contribution in [0.5, 0.6) is 5.75 Å². The van der Waals surface area contributed by atoms with E-state index in [2.05, 4.69) is 20.9 Å². The second kappa shape index (κ2) is 2.48. The summed E-state index contributed by atoms with van der Waals surface area (Å²) in [5.74, 6) is 0.192.